The first-order valence-electron chi connectivity index (χ1n) is 13.2. The highest BCUT2D eigenvalue weighted by Gasteiger charge is 2.38. The van der Waals surface area contributed by atoms with Crippen molar-refractivity contribution < 1.29 is 31.1 Å². The number of nitrogens with zero attached hydrogens (tertiary/aromatic N) is 4. The van der Waals surface area contributed by atoms with Crippen LogP contribution in [-0.4, -0.2) is 79.7 Å². The molecule has 14 heteroatoms. The van der Waals surface area contributed by atoms with Crippen molar-refractivity contribution in [2.45, 2.75) is 31.0 Å². The van der Waals surface area contributed by atoms with Crippen molar-refractivity contribution in [3.63, 3.8) is 0 Å². The molecular weight excluding hydrogens is 579 g/mol. The summed E-state index contributed by atoms with van der Waals surface area (Å²) in [4.78, 5) is 24.2. The minimum Gasteiger partial charge on any atom is -0.381 e. The highest BCUT2D eigenvalue weighted by Crippen LogP contribution is 2.42. The van der Waals surface area contributed by atoms with Gasteiger partial charge in [-0.3, -0.25) is 9.69 Å². The molecule has 218 valence electrons. The maximum absolute atomic E-state index is 14.0. The second-order valence-electron chi connectivity index (χ2n) is 10.8. The third-order valence-corrected chi connectivity index (χ3v) is 10.7. The molecule has 1 aromatic carbocycles. The molecule has 0 aliphatic carbocycles. The minimum absolute atomic E-state index is 0.000908. The van der Waals surface area contributed by atoms with Gasteiger partial charge < -0.3 is 15.0 Å². The van der Waals surface area contributed by atoms with Gasteiger partial charge >= 0.3 is 6.18 Å². The van der Waals surface area contributed by atoms with E-state index in [1.807, 2.05) is 13.0 Å². The van der Waals surface area contributed by atoms with Gasteiger partial charge in [-0.1, -0.05) is 6.07 Å². The molecule has 5 heterocycles. The molecule has 3 aliphatic rings. The lowest BCUT2D eigenvalue weighted by Gasteiger charge is -2.35. The van der Waals surface area contributed by atoms with E-state index >= 15 is 0 Å². The Morgan fingerprint density at radius 2 is 1.95 bits per heavy atom. The van der Waals surface area contributed by atoms with Crippen LogP contribution in [0.2, 0.25) is 0 Å². The van der Waals surface area contributed by atoms with Crippen LogP contribution in [0.15, 0.2) is 29.3 Å². The van der Waals surface area contributed by atoms with Crippen molar-refractivity contribution >= 4 is 38.7 Å². The lowest BCUT2D eigenvalue weighted by Crippen LogP contribution is -2.41. The van der Waals surface area contributed by atoms with E-state index in [1.54, 1.807) is 0 Å². The number of benzene rings is 1. The molecular formula is C27H28F3N5O4S2. The van der Waals surface area contributed by atoms with Crippen LogP contribution in [0.25, 0.3) is 10.6 Å². The van der Waals surface area contributed by atoms with Crippen molar-refractivity contribution in [2.24, 2.45) is 5.92 Å². The molecule has 2 aromatic heterocycles. The molecule has 1 saturated heterocycles. The molecule has 0 atom stereocenters. The van der Waals surface area contributed by atoms with Crippen LogP contribution in [0.4, 0.5) is 24.8 Å². The molecule has 0 unspecified atom stereocenters. The van der Waals surface area contributed by atoms with E-state index in [4.69, 9.17) is 4.74 Å². The number of nitrogens with one attached hydrogen (secondary N) is 1. The predicted molar refractivity (Wildman–Crippen MR) is 147 cm³/mol. The van der Waals surface area contributed by atoms with Gasteiger partial charge in [-0.05, 0) is 42.2 Å². The SMILES string of the molecule is Cc1cc2c(cc1Nc1ncc(C(F)(F)F)c(-c3cc4c(s3)C(=O)N(C)CCS4(=O)=O)n1)CCN(CC1COC1)C2. The monoisotopic (exact) mass is 607 g/mol. The number of amides is 1. The van der Waals surface area contributed by atoms with Crippen LogP contribution in [0, 0.1) is 12.8 Å². The Hall–Kier alpha value is -3.07. The topological polar surface area (TPSA) is 105 Å². The third-order valence-electron chi connectivity index (χ3n) is 7.70. The summed E-state index contributed by atoms with van der Waals surface area (Å²) in [6.45, 7) is 6.25. The van der Waals surface area contributed by atoms with Crippen LogP contribution in [0.3, 0.4) is 0 Å². The number of thiophene rings is 1. The lowest BCUT2D eigenvalue weighted by atomic mass is 9.95. The number of halogens is 3. The Morgan fingerprint density at radius 1 is 1.17 bits per heavy atom. The smallest absolute Gasteiger partial charge is 0.381 e. The van der Waals surface area contributed by atoms with Gasteiger partial charge in [-0.15, -0.1) is 11.3 Å². The fourth-order valence-corrected chi connectivity index (χ4v) is 8.34. The summed E-state index contributed by atoms with van der Waals surface area (Å²) >= 11 is 0.692. The molecule has 3 aliphatic heterocycles. The quantitative estimate of drug-likeness (QED) is 0.462. The number of rotatable bonds is 5. The fraction of sp³-hybridized carbons (Fsp3) is 0.444. The molecule has 41 heavy (non-hydrogen) atoms. The average molecular weight is 608 g/mol. The molecule has 1 fully saturated rings. The summed E-state index contributed by atoms with van der Waals surface area (Å²) in [5, 5.41) is 3.07. The molecule has 0 saturated carbocycles. The average Bonchev–Trinajstić information content (AvgIpc) is 3.33. The minimum atomic E-state index is -4.80. The zero-order valence-corrected chi connectivity index (χ0v) is 24.0. The molecule has 9 nitrogen and oxygen atoms in total. The van der Waals surface area contributed by atoms with Gasteiger partial charge in [-0.25, -0.2) is 18.4 Å². The van der Waals surface area contributed by atoms with Crippen LogP contribution in [0.5, 0.6) is 0 Å². The number of hydrogen-bond acceptors (Lipinski definition) is 9. The highest BCUT2D eigenvalue weighted by molar-refractivity contribution is 7.91. The van der Waals surface area contributed by atoms with Crippen molar-refractivity contribution in [2.75, 3.05) is 51.0 Å². The normalized spacial score (nSPS) is 19.3. The van der Waals surface area contributed by atoms with Crippen molar-refractivity contribution in [1.82, 2.24) is 19.8 Å². The first-order valence-corrected chi connectivity index (χ1v) is 15.6. The number of aromatic nitrogens is 2. The number of carbonyl (C=O) groups excluding carboxylic acids is 1. The van der Waals surface area contributed by atoms with Gasteiger partial charge in [0.1, 0.15) is 10.4 Å². The van der Waals surface area contributed by atoms with Gasteiger partial charge in [0.15, 0.2) is 9.84 Å². The Labute approximate surface area is 239 Å². The summed E-state index contributed by atoms with van der Waals surface area (Å²) in [5.74, 6) is -0.358. The largest absolute Gasteiger partial charge is 0.420 e. The summed E-state index contributed by atoms with van der Waals surface area (Å²) in [5.41, 5.74) is 2.34. The van der Waals surface area contributed by atoms with E-state index in [9.17, 15) is 26.4 Å². The first kappa shape index (κ1) is 28.1. The van der Waals surface area contributed by atoms with Crippen molar-refractivity contribution in [3.05, 3.63) is 51.5 Å². The zero-order valence-electron chi connectivity index (χ0n) is 22.4. The summed E-state index contributed by atoms with van der Waals surface area (Å²) in [6, 6.07) is 5.19. The number of ether oxygens (including phenoxy) is 1. The van der Waals surface area contributed by atoms with E-state index in [-0.39, 0.29) is 32.9 Å². The second kappa shape index (κ2) is 10.3. The number of alkyl halides is 3. The molecule has 3 aromatic rings. The number of sulfone groups is 1. The Kier molecular flexibility index (Phi) is 7.07. The van der Waals surface area contributed by atoms with E-state index in [1.165, 1.54) is 17.5 Å². The molecule has 0 bridgehead atoms. The van der Waals surface area contributed by atoms with Gasteiger partial charge in [0.05, 0.1) is 34.4 Å². The number of anilines is 2. The highest BCUT2D eigenvalue weighted by atomic mass is 32.2. The van der Waals surface area contributed by atoms with Crippen LogP contribution in [-0.2, 0) is 33.7 Å². The molecule has 0 spiro atoms. The standard InChI is InChI=1S/C27H28F3N5O4S2/c1-15-7-18-12-35(11-16-13-39-14-16)4-3-17(18)8-20(15)32-26-31-10-19(27(28,29)30)23(33-26)21-9-22-24(40-21)25(36)34(2)5-6-41(22,37)38/h7-10,16H,3-6,11-14H2,1-2H3,(H,31,32,33). The van der Waals surface area contributed by atoms with Gasteiger partial charge in [0.25, 0.3) is 5.91 Å². The number of hydrogen-bond donors (Lipinski definition) is 1. The van der Waals surface area contributed by atoms with Gasteiger partial charge in [-0.2, -0.15) is 13.2 Å². The van der Waals surface area contributed by atoms with Crippen LogP contribution < -0.4 is 5.32 Å². The number of carbonyl (C=O) groups is 1. The summed E-state index contributed by atoms with van der Waals surface area (Å²) < 4.78 is 73.0. The second-order valence-corrected chi connectivity index (χ2v) is 13.9. The number of fused-ring (bicyclic) bond motifs is 2. The predicted octanol–water partition coefficient (Wildman–Crippen LogP) is 4.14. The third kappa shape index (κ3) is 5.45. The summed E-state index contributed by atoms with van der Waals surface area (Å²) in [6.07, 6.45) is -3.27. The number of aryl methyl sites for hydroxylation is 1. The fourth-order valence-electron chi connectivity index (χ4n) is 5.31. The van der Waals surface area contributed by atoms with Gasteiger partial charge in [0.2, 0.25) is 5.95 Å². The first-order chi connectivity index (χ1) is 19.4. The maximum Gasteiger partial charge on any atom is 0.420 e. The van der Waals surface area contributed by atoms with Gasteiger partial charge in [0, 0.05) is 51.0 Å². The van der Waals surface area contributed by atoms with Crippen LogP contribution >= 0.6 is 11.3 Å². The van der Waals surface area contributed by atoms with Crippen LogP contribution in [0.1, 0.15) is 31.9 Å². The van der Waals surface area contributed by atoms with Crippen molar-refractivity contribution in [1.29, 1.82) is 0 Å². The molecule has 1 amide bonds. The van der Waals surface area contributed by atoms with E-state index < -0.39 is 33.2 Å². The van der Waals surface area contributed by atoms with E-state index in [2.05, 4.69) is 26.3 Å². The van der Waals surface area contributed by atoms with E-state index in [0.717, 1.165) is 56.5 Å². The van der Waals surface area contributed by atoms with Crippen molar-refractivity contribution in [3.8, 4) is 10.6 Å². The summed E-state index contributed by atoms with van der Waals surface area (Å²) in [7, 11) is -2.40. The molecule has 0 radical (unpaired) electrons. The molecule has 6 rings (SSSR count). The Morgan fingerprint density at radius 3 is 2.66 bits per heavy atom. The molecule has 1 N–H and O–H groups in total. The Balaban J connectivity index is 1.33. The maximum atomic E-state index is 14.0. The lowest BCUT2D eigenvalue weighted by molar-refractivity contribution is -0.137. The Bertz CT molecular complexity index is 1640. The zero-order chi connectivity index (χ0) is 29.1. The van der Waals surface area contributed by atoms with E-state index in [0.29, 0.717) is 29.1 Å².